The van der Waals surface area contributed by atoms with Crippen molar-refractivity contribution < 1.29 is 14.3 Å². The average molecular weight is 288 g/mol. The topological polar surface area (TPSA) is 66.6 Å². The first-order chi connectivity index (χ1) is 10.0. The van der Waals surface area contributed by atoms with E-state index in [9.17, 15) is 4.79 Å². The highest BCUT2D eigenvalue weighted by atomic mass is 16.4. The summed E-state index contributed by atoms with van der Waals surface area (Å²) in [6.45, 7) is 5.80. The third kappa shape index (κ3) is 2.93. The van der Waals surface area contributed by atoms with Gasteiger partial charge in [0.25, 0.3) is 0 Å². The summed E-state index contributed by atoms with van der Waals surface area (Å²) in [4.78, 5) is 17.3. The molecule has 0 amide bonds. The number of carboxylic acid groups (broad SMARTS) is 1. The Labute approximate surface area is 123 Å². The molecule has 112 valence electrons. The Morgan fingerprint density at radius 3 is 2.76 bits per heavy atom. The first kappa shape index (κ1) is 14.1. The molecule has 1 aromatic carbocycles. The van der Waals surface area contributed by atoms with Crippen LogP contribution < -0.4 is 0 Å². The number of aliphatic carboxylic acids is 1. The van der Waals surface area contributed by atoms with Crippen LogP contribution in [0.3, 0.4) is 0 Å². The van der Waals surface area contributed by atoms with Crippen molar-refractivity contribution in [2.45, 2.75) is 32.6 Å². The number of carboxylic acids is 1. The quantitative estimate of drug-likeness (QED) is 0.940. The van der Waals surface area contributed by atoms with Gasteiger partial charge in [-0.25, -0.2) is 4.98 Å². The summed E-state index contributed by atoms with van der Waals surface area (Å²) < 4.78 is 5.96. The average Bonchev–Trinajstić information content (AvgIpc) is 2.83. The van der Waals surface area contributed by atoms with Crippen LogP contribution in [0.5, 0.6) is 0 Å². The minimum Gasteiger partial charge on any atom is -0.480 e. The first-order valence-electron chi connectivity index (χ1n) is 7.35. The van der Waals surface area contributed by atoms with Crippen LogP contribution in [0.25, 0.3) is 11.1 Å². The van der Waals surface area contributed by atoms with Crippen LogP contribution in [0.15, 0.2) is 16.5 Å². The van der Waals surface area contributed by atoms with E-state index in [0.29, 0.717) is 5.92 Å². The number of benzene rings is 1. The molecule has 5 nitrogen and oxygen atoms in total. The van der Waals surface area contributed by atoms with E-state index in [1.54, 1.807) is 0 Å². The third-order valence-electron chi connectivity index (χ3n) is 4.13. The second-order valence-electron chi connectivity index (χ2n) is 5.93. The van der Waals surface area contributed by atoms with E-state index in [1.165, 1.54) is 5.56 Å². The number of carbonyl (C=O) groups is 1. The number of aromatic nitrogens is 1. The van der Waals surface area contributed by atoms with Crippen molar-refractivity contribution in [3.63, 3.8) is 0 Å². The zero-order valence-corrected chi connectivity index (χ0v) is 12.4. The molecule has 1 aliphatic rings. The summed E-state index contributed by atoms with van der Waals surface area (Å²) in [5, 5.41) is 8.83. The van der Waals surface area contributed by atoms with Crippen molar-refractivity contribution in [1.29, 1.82) is 0 Å². The van der Waals surface area contributed by atoms with Gasteiger partial charge in [0, 0.05) is 5.92 Å². The maximum absolute atomic E-state index is 10.7. The van der Waals surface area contributed by atoms with Gasteiger partial charge in [-0.2, -0.15) is 0 Å². The molecule has 21 heavy (non-hydrogen) atoms. The summed E-state index contributed by atoms with van der Waals surface area (Å²) in [7, 11) is 0. The molecule has 0 radical (unpaired) electrons. The number of hydrogen-bond acceptors (Lipinski definition) is 4. The number of piperidine rings is 1. The Kier molecular flexibility index (Phi) is 3.68. The highest BCUT2D eigenvalue weighted by Crippen LogP contribution is 2.31. The highest BCUT2D eigenvalue weighted by Gasteiger charge is 2.25. The van der Waals surface area contributed by atoms with Crippen molar-refractivity contribution in [2.75, 3.05) is 19.6 Å². The van der Waals surface area contributed by atoms with Gasteiger partial charge in [-0.05, 0) is 57.0 Å². The predicted molar refractivity (Wildman–Crippen MR) is 79.5 cm³/mol. The van der Waals surface area contributed by atoms with Gasteiger partial charge in [-0.15, -0.1) is 0 Å². The van der Waals surface area contributed by atoms with E-state index in [2.05, 4.69) is 24.0 Å². The smallest absolute Gasteiger partial charge is 0.317 e. The molecule has 1 aromatic heterocycles. The zero-order chi connectivity index (χ0) is 15.0. The normalized spacial score (nSPS) is 17.4. The van der Waals surface area contributed by atoms with Gasteiger partial charge >= 0.3 is 5.97 Å². The summed E-state index contributed by atoms with van der Waals surface area (Å²) in [6, 6.07) is 4.15. The highest BCUT2D eigenvalue weighted by molar-refractivity contribution is 5.77. The molecular weight excluding hydrogens is 268 g/mol. The molecule has 3 rings (SSSR count). The van der Waals surface area contributed by atoms with E-state index < -0.39 is 5.97 Å². The van der Waals surface area contributed by atoms with Crippen molar-refractivity contribution in [3.05, 3.63) is 29.2 Å². The molecule has 2 heterocycles. The lowest BCUT2D eigenvalue weighted by Crippen LogP contribution is -2.36. The van der Waals surface area contributed by atoms with Crippen molar-refractivity contribution >= 4 is 17.1 Å². The van der Waals surface area contributed by atoms with Gasteiger partial charge in [-0.3, -0.25) is 9.69 Å². The Bertz CT molecular complexity index is 669. The lowest BCUT2D eigenvalue weighted by Gasteiger charge is -2.29. The fourth-order valence-electron chi connectivity index (χ4n) is 3.10. The van der Waals surface area contributed by atoms with E-state index in [1.807, 2.05) is 11.8 Å². The summed E-state index contributed by atoms with van der Waals surface area (Å²) >= 11 is 0. The maximum atomic E-state index is 10.7. The minimum absolute atomic E-state index is 0.124. The van der Waals surface area contributed by atoms with Crippen molar-refractivity contribution in [1.82, 2.24) is 9.88 Å². The van der Waals surface area contributed by atoms with Crippen molar-refractivity contribution in [2.24, 2.45) is 0 Å². The number of rotatable bonds is 3. The molecule has 0 atom stereocenters. The first-order valence-corrected chi connectivity index (χ1v) is 7.35. The SMILES string of the molecule is Cc1cc(C)c2oc(C3CCN(CC(=O)O)CC3)nc2c1. The molecule has 1 saturated heterocycles. The third-order valence-corrected chi connectivity index (χ3v) is 4.13. The lowest BCUT2D eigenvalue weighted by atomic mass is 9.97. The molecule has 5 heteroatoms. The molecule has 0 aliphatic carbocycles. The van der Waals surface area contributed by atoms with Crippen LogP contribution in [0.2, 0.25) is 0 Å². The number of nitrogens with zero attached hydrogens (tertiary/aromatic N) is 2. The molecule has 1 aliphatic heterocycles. The van der Waals surface area contributed by atoms with Gasteiger partial charge in [0.05, 0.1) is 6.54 Å². The van der Waals surface area contributed by atoms with Gasteiger partial charge < -0.3 is 9.52 Å². The van der Waals surface area contributed by atoms with E-state index in [-0.39, 0.29) is 6.54 Å². The van der Waals surface area contributed by atoms with Crippen molar-refractivity contribution in [3.8, 4) is 0 Å². The molecule has 0 unspecified atom stereocenters. The predicted octanol–water partition coefficient (Wildman–Crippen LogP) is 2.71. The van der Waals surface area contributed by atoms with Crippen LogP contribution in [0.4, 0.5) is 0 Å². The van der Waals surface area contributed by atoms with Crippen LogP contribution in [-0.4, -0.2) is 40.6 Å². The molecular formula is C16H20N2O3. The van der Waals surface area contributed by atoms with E-state index in [4.69, 9.17) is 9.52 Å². The van der Waals surface area contributed by atoms with Gasteiger partial charge in [0.15, 0.2) is 11.5 Å². The molecule has 0 spiro atoms. The number of aryl methyl sites for hydroxylation is 2. The summed E-state index contributed by atoms with van der Waals surface area (Å²) in [5.41, 5.74) is 4.11. The Morgan fingerprint density at radius 1 is 1.38 bits per heavy atom. The van der Waals surface area contributed by atoms with Gasteiger partial charge in [0.2, 0.25) is 0 Å². The molecule has 0 bridgehead atoms. The number of likely N-dealkylation sites (tertiary alicyclic amines) is 1. The van der Waals surface area contributed by atoms with Crippen LogP contribution in [0.1, 0.15) is 35.8 Å². The lowest BCUT2D eigenvalue weighted by molar-refractivity contribution is -0.138. The fourth-order valence-corrected chi connectivity index (χ4v) is 3.10. The second kappa shape index (κ2) is 5.48. The molecule has 0 saturated carbocycles. The Morgan fingerprint density at radius 2 is 2.10 bits per heavy atom. The Balaban J connectivity index is 1.76. The van der Waals surface area contributed by atoms with Crippen LogP contribution in [0, 0.1) is 13.8 Å². The molecule has 1 N–H and O–H groups in total. The minimum atomic E-state index is -0.763. The van der Waals surface area contributed by atoms with E-state index >= 15 is 0 Å². The van der Waals surface area contributed by atoms with Crippen LogP contribution >= 0.6 is 0 Å². The second-order valence-corrected chi connectivity index (χ2v) is 5.93. The number of fused-ring (bicyclic) bond motifs is 1. The molecule has 1 fully saturated rings. The number of oxazole rings is 1. The zero-order valence-electron chi connectivity index (χ0n) is 12.4. The standard InChI is InChI=1S/C16H20N2O3/c1-10-7-11(2)15-13(8-10)17-16(21-15)12-3-5-18(6-4-12)9-14(19)20/h7-8,12H,3-6,9H2,1-2H3,(H,19,20). The van der Waals surface area contributed by atoms with Gasteiger partial charge in [0.1, 0.15) is 5.52 Å². The monoisotopic (exact) mass is 288 g/mol. The number of hydrogen-bond donors (Lipinski definition) is 1. The maximum Gasteiger partial charge on any atom is 0.317 e. The largest absolute Gasteiger partial charge is 0.480 e. The van der Waals surface area contributed by atoms with E-state index in [0.717, 1.165) is 48.5 Å². The Hall–Kier alpha value is -1.88. The fraction of sp³-hybridized carbons (Fsp3) is 0.500. The summed E-state index contributed by atoms with van der Waals surface area (Å²) in [5.74, 6) is 0.331. The van der Waals surface area contributed by atoms with Gasteiger partial charge in [-0.1, -0.05) is 6.07 Å². The summed E-state index contributed by atoms with van der Waals surface area (Å²) in [6.07, 6.45) is 1.80. The van der Waals surface area contributed by atoms with Crippen LogP contribution in [-0.2, 0) is 4.79 Å². The molecule has 2 aromatic rings.